The molecular formula is C19H18F4N4O. The van der Waals surface area contributed by atoms with Crippen LogP contribution in [0.25, 0.3) is 11.0 Å². The van der Waals surface area contributed by atoms with E-state index in [1.54, 1.807) is 12.1 Å². The van der Waals surface area contributed by atoms with E-state index in [-0.39, 0.29) is 23.3 Å². The zero-order valence-electron chi connectivity index (χ0n) is 15.4. The average Bonchev–Trinajstić information content (AvgIpc) is 2.93. The second-order valence-corrected chi connectivity index (χ2v) is 6.53. The van der Waals surface area contributed by atoms with Gasteiger partial charge in [-0.3, -0.25) is 4.79 Å². The van der Waals surface area contributed by atoms with Crippen molar-refractivity contribution in [1.82, 2.24) is 14.8 Å². The van der Waals surface area contributed by atoms with Crippen LogP contribution in [0.4, 0.5) is 23.2 Å². The second-order valence-electron chi connectivity index (χ2n) is 6.53. The van der Waals surface area contributed by atoms with Crippen molar-refractivity contribution in [1.29, 1.82) is 0 Å². The molecule has 0 unspecified atom stereocenters. The van der Waals surface area contributed by atoms with Crippen molar-refractivity contribution in [3.63, 3.8) is 0 Å². The van der Waals surface area contributed by atoms with Crippen molar-refractivity contribution in [3.8, 4) is 0 Å². The van der Waals surface area contributed by atoms with Crippen LogP contribution in [0.15, 0.2) is 24.3 Å². The molecule has 1 N–H and O–H groups in total. The molecule has 0 bridgehead atoms. The fourth-order valence-corrected chi connectivity index (χ4v) is 2.96. The lowest BCUT2D eigenvalue weighted by Crippen LogP contribution is -2.20. The first-order valence-corrected chi connectivity index (χ1v) is 8.48. The van der Waals surface area contributed by atoms with Gasteiger partial charge in [0.05, 0.1) is 11.1 Å². The van der Waals surface area contributed by atoms with Gasteiger partial charge in [0.1, 0.15) is 12.2 Å². The van der Waals surface area contributed by atoms with Crippen LogP contribution < -0.4 is 5.32 Å². The van der Waals surface area contributed by atoms with Gasteiger partial charge in [0.25, 0.3) is 12.9 Å². The highest BCUT2D eigenvalue weighted by molar-refractivity contribution is 5.92. The standard InChI is InChI=1S/C19H18F4N4O/c1-9-4-5-12(6-10(9)2)24-15(28)8-27-19-16(11(3)26-27)13(17(20)21)7-14(25-19)18(22)23/h4-7,17-18H,8H2,1-3H3,(H,24,28). The minimum Gasteiger partial charge on any atom is -0.324 e. The van der Waals surface area contributed by atoms with Gasteiger partial charge < -0.3 is 5.32 Å². The number of anilines is 1. The van der Waals surface area contributed by atoms with E-state index in [2.05, 4.69) is 15.4 Å². The number of fused-ring (bicyclic) bond motifs is 1. The van der Waals surface area contributed by atoms with Crippen LogP contribution in [0.5, 0.6) is 0 Å². The number of benzene rings is 1. The molecule has 0 atom stereocenters. The molecule has 0 fully saturated rings. The summed E-state index contributed by atoms with van der Waals surface area (Å²) in [7, 11) is 0. The minimum atomic E-state index is -3.02. The molecule has 2 aromatic heterocycles. The van der Waals surface area contributed by atoms with Crippen LogP contribution in [-0.4, -0.2) is 20.7 Å². The van der Waals surface area contributed by atoms with Gasteiger partial charge in [-0.15, -0.1) is 0 Å². The van der Waals surface area contributed by atoms with E-state index in [1.807, 2.05) is 19.9 Å². The first-order chi connectivity index (χ1) is 13.2. The maximum absolute atomic E-state index is 13.4. The molecule has 0 aliphatic carbocycles. The number of halogens is 4. The molecule has 0 aliphatic rings. The molecule has 148 valence electrons. The molecule has 0 aliphatic heterocycles. The number of alkyl halides is 4. The predicted molar refractivity (Wildman–Crippen MR) is 96.7 cm³/mol. The Bertz CT molecular complexity index is 1050. The molecule has 1 aromatic carbocycles. The lowest BCUT2D eigenvalue weighted by Gasteiger charge is -2.09. The number of amides is 1. The van der Waals surface area contributed by atoms with E-state index < -0.39 is 30.0 Å². The number of aromatic nitrogens is 3. The Labute approximate surface area is 158 Å². The summed E-state index contributed by atoms with van der Waals surface area (Å²) in [6, 6.07) is 6.06. The van der Waals surface area contributed by atoms with Crippen molar-refractivity contribution < 1.29 is 22.4 Å². The van der Waals surface area contributed by atoms with Crippen molar-refractivity contribution in [2.75, 3.05) is 5.32 Å². The third-order valence-corrected chi connectivity index (χ3v) is 4.47. The van der Waals surface area contributed by atoms with E-state index in [0.717, 1.165) is 15.8 Å². The summed E-state index contributed by atoms with van der Waals surface area (Å²) in [6.45, 7) is 4.96. The van der Waals surface area contributed by atoms with E-state index in [1.165, 1.54) is 6.92 Å². The Hall–Kier alpha value is -2.97. The maximum atomic E-state index is 13.4. The Morgan fingerprint density at radius 1 is 1.07 bits per heavy atom. The number of aryl methyl sites for hydroxylation is 3. The fraction of sp³-hybridized carbons (Fsp3) is 0.316. The lowest BCUT2D eigenvalue weighted by atomic mass is 10.1. The Morgan fingerprint density at radius 3 is 2.39 bits per heavy atom. The van der Waals surface area contributed by atoms with Gasteiger partial charge >= 0.3 is 0 Å². The molecule has 9 heteroatoms. The number of hydrogen-bond acceptors (Lipinski definition) is 3. The van der Waals surface area contributed by atoms with E-state index in [9.17, 15) is 22.4 Å². The number of carbonyl (C=O) groups is 1. The number of nitrogens with one attached hydrogen (secondary N) is 1. The molecule has 2 heterocycles. The highest BCUT2D eigenvalue weighted by atomic mass is 19.3. The van der Waals surface area contributed by atoms with Crippen LogP contribution in [0.3, 0.4) is 0 Å². The number of hydrogen-bond donors (Lipinski definition) is 1. The number of pyridine rings is 1. The molecule has 3 aromatic rings. The second kappa shape index (κ2) is 7.57. The zero-order chi connectivity index (χ0) is 20.6. The van der Waals surface area contributed by atoms with Crippen molar-refractivity contribution in [2.45, 2.75) is 40.2 Å². The normalized spacial score (nSPS) is 11.6. The first kappa shape index (κ1) is 19.8. The molecule has 3 rings (SSSR count). The summed E-state index contributed by atoms with van der Waals surface area (Å²) in [4.78, 5) is 16.1. The highest BCUT2D eigenvalue weighted by Crippen LogP contribution is 2.32. The maximum Gasteiger partial charge on any atom is 0.280 e. The predicted octanol–water partition coefficient (Wildman–Crippen LogP) is 4.87. The molecule has 5 nitrogen and oxygen atoms in total. The van der Waals surface area contributed by atoms with Gasteiger partial charge in [-0.05, 0) is 50.1 Å². The fourth-order valence-electron chi connectivity index (χ4n) is 2.96. The van der Waals surface area contributed by atoms with Crippen LogP contribution >= 0.6 is 0 Å². The summed E-state index contributed by atoms with van der Waals surface area (Å²) in [6.07, 6.45) is -5.99. The van der Waals surface area contributed by atoms with E-state index in [0.29, 0.717) is 11.8 Å². The van der Waals surface area contributed by atoms with Crippen molar-refractivity contribution >= 4 is 22.6 Å². The zero-order valence-corrected chi connectivity index (χ0v) is 15.4. The lowest BCUT2D eigenvalue weighted by molar-refractivity contribution is -0.116. The van der Waals surface area contributed by atoms with Crippen molar-refractivity contribution in [2.24, 2.45) is 0 Å². The Morgan fingerprint density at radius 2 is 1.79 bits per heavy atom. The molecule has 0 saturated heterocycles. The average molecular weight is 394 g/mol. The van der Waals surface area contributed by atoms with Crippen LogP contribution in [0.1, 0.15) is 40.9 Å². The summed E-state index contributed by atoms with van der Waals surface area (Å²) in [5.41, 5.74) is 1.30. The minimum absolute atomic E-state index is 0.0154. The summed E-state index contributed by atoms with van der Waals surface area (Å²) in [5, 5.41) is 6.73. The van der Waals surface area contributed by atoms with Gasteiger partial charge in [-0.1, -0.05) is 6.07 Å². The molecule has 0 saturated carbocycles. The quantitative estimate of drug-likeness (QED) is 0.628. The summed E-state index contributed by atoms with van der Waals surface area (Å²) < 4.78 is 54.0. The summed E-state index contributed by atoms with van der Waals surface area (Å²) in [5.74, 6) is -0.476. The molecule has 1 amide bonds. The topological polar surface area (TPSA) is 59.8 Å². The number of carbonyl (C=O) groups excluding carboxylic acids is 1. The van der Waals surface area contributed by atoms with Crippen LogP contribution in [-0.2, 0) is 11.3 Å². The van der Waals surface area contributed by atoms with Gasteiger partial charge in [-0.2, -0.15) is 5.10 Å². The highest BCUT2D eigenvalue weighted by Gasteiger charge is 2.23. The first-order valence-electron chi connectivity index (χ1n) is 8.48. The van der Waals surface area contributed by atoms with Gasteiger partial charge in [-0.25, -0.2) is 27.2 Å². The molecular weight excluding hydrogens is 376 g/mol. The third-order valence-electron chi connectivity index (χ3n) is 4.47. The van der Waals surface area contributed by atoms with Crippen molar-refractivity contribution in [3.05, 3.63) is 52.3 Å². The largest absolute Gasteiger partial charge is 0.324 e. The van der Waals surface area contributed by atoms with Crippen LogP contribution in [0, 0.1) is 20.8 Å². The van der Waals surface area contributed by atoms with E-state index >= 15 is 0 Å². The SMILES string of the molecule is Cc1ccc(NC(=O)Cn2nc(C)c3c(C(F)F)cc(C(F)F)nc32)cc1C. The van der Waals surface area contributed by atoms with Gasteiger partial charge in [0.15, 0.2) is 5.65 Å². The molecule has 0 spiro atoms. The third kappa shape index (κ3) is 3.83. The van der Waals surface area contributed by atoms with Gasteiger partial charge in [0, 0.05) is 11.3 Å². The summed E-state index contributed by atoms with van der Waals surface area (Å²) >= 11 is 0. The molecule has 0 radical (unpaired) electrons. The Kier molecular flexibility index (Phi) is 5.35. The monoisotopic (exact) mass is 394 g/mol. The number of rotatable bonds is 5. The van der Waals surface area contributed by atoms with Gasteiger partial charge in [0.2, 0.25) is 5.91 Å². The van der Waals surface area contributed by atoms with Crippen LogP contribution in [0.2, 0.25) is 0 Å². The number of nitrogens with zero attached hydrogens (tertiary/aromatic N) is 3. The molecule has 28 heavy (non-hydrogen) atoms. The smallest absolute Gasteiger partial charge is 0.280 e. The van der Waals surface area contributed by atoms with E-state index in [4.69, 9.17) is 0 Å². The Balaban J connectivity index is 1.96.